The number of thiol groups is 1. The van der Waals surface area contributed by atoms with Crippen LogP contribution in [-0.2, 0) is 0 Å². The van der Waals surface area contributed by atoms with Crippen LogP contribution in [0.25, 0.3) is 10.8 Å². The van der Waals surface area contributed by atoms with Crippen LogP contribution in [0.1, 0.15) is 10.6 Å². The summed E-state index contributed by atoms with van der Waals surface area (Å²) in [6.07, 6.45) is 0. The van der Waals surface area contributed by atoms with E-state index in [0.29, 0.717) is 23.1 Å². The fraction of sp³-hybridized carbons (Fsp3) is 0.167. The molecule has 18 heavy (non-hydrogen) atoms. The van der Waals surface area contributed by atoms with E-state index in [0.717, 1.165) is 4.47 Å². The lowest BCUT2D eigenvalue weighted by Crippen LogP contribution is -2.26. The highest BCUT2D eigenvalue weighted by molar-refractivity contribution is 9.10. The number of benzene rings is 1. The van der Waals surface area contributed by atoms with E-state index < -0.39 is 11.5 Å². The van der Waals surface area contributed by atoms with Crippen LogP contribution in [-0.4, -0.2) is 18.2 Å². The third-order valence-electron chi connectivity index (χ3n) is 2.35. The summed E-state index contributed by atoms with van der Waals surface area (Å²) in [5, 5.41) is 3.71. The molecule has 1 aromatic carbocycles. The average Bonchev–Trinajstić information content (AvgIpc) is 2.36. The predicted octanol–water partition coefficient (Wildman–Crippen LogP) is 2.22. The van der Waals surface area contributed by atoms with Crippen molar-refractivity contribution in [2.45, 2.75) is 0 Å². The monoisotopic (exact) mass is 327 g/mol. The molecule has 2 rings (SSSR count). The topological polar surface area (TPSA) is 59.3 Å². The molecule has 1 N–H and O–H groups in total. The summed E-state index contributed by atoms with van der Waals surface area (Å²) in [7, 11) is 0. The van der Waals surface area contributed by atoms with E-state index in [1.165, 1.54) is 0 Å². The van der Waals surface area contributed by atoms with Crippen molar-refractivity contribution in [2.75, 3.05) is 12.3 Å². The van der Waals surface area contributed by atoms with E-state index in [2.05, 4.69) is 33.9 Å². The summed E-state index contributed by atoms with van der Waals surface area (Å²) in [6.45, 7) is 0.421. The second-order valence-electron chi connectivity index (χ2n) is 3.61. The van der Waals surface area contributed by atoms with Crippen molar-refractivity contribution in [3.8, 4) is 0 Å². The Morgan fingerprint density at radius 3 is 2.89 bits per heavy atom. The fourth-order valence-corrected chi connectivity index (χ4v) is 2.00. The van der Waals surface area contributed by atoms with Crippen LogP contribution < -0.4 is 10.9 Å². The first-order valence-electron chi connectivity index (χ1n) is 5.24. The van der Waals surface area contributed by atoms with Gasteiger partial charge in [0.05, 0.1) is 5.39 Å². The molecule has 1 heterocycles. The fourth-order valence-electron chi connectivity index (χ4n) is 1.53. The molecule has 0 aliphatic heterocycles. The SMILES string of the molecule is O=C(NCCS)c1cc2ccc(Br)cc2c(=O)o1. The van der Waals surface area contributed by atoms with Gasteiger partial charge in [0.2, 0.25) is 0 Å². The molecular formula is C12H10BrNO3S. The van der Waals surface area contributed by atoms with Crippen molar-refractivity contribution in [3.05, 3.63) is 44.9 Å². The van der Waals surface area contributed by atoms with Crippen molar-refractivity contribution < 1.29 is 9.21 Å². The Morgan fingerprint density at radius 1 is 1.39 bits per heavy atom. The summed E-state index contributed by atoms with van der Waals surface area (Å²) in [5.74, 6) is 0.124. The second kappa shape index (κ2) is 5.58. The molecule has 0 spiro atoms. The number of carbonyl (C=O) groups excluding carboxylic acids is 1. The van der Waals surface area contributed by atoms with E-state index in [-0.39, 0.29) is 5.76 Å². The Hall–Kier alpha value is -1.27. The van der Waals surface area contributed by atoms with Gasteiger partial charge >= 0.3 is 5.63 Å². The molecule has 94 valence electrons. The largest absolute Gasteiger partial charge is 0.417 e. The molecule has 0 fully saturated rings. The predicted molar refractivity (Wildman–Crippen MR) is 76.4 cm³/mol. The van der Waals surface area contributed by atoms with Gasteiger partial charge in [-0.3, -0.25) is 4.79 Å². The number of hydrogen-bond donors (Lipinski definition) is 2. The first-order chi connectivity index (χ1) is 8.61. The maximum Gasteiger partial charge on any atom is 0.344 e. The molecule has 0 saturated heterocycles. The minimum absolute atomic E-state index is 0.0107. The smallest absolute Gasteiger partial charge is 0.344 e. The van der Waals surface area contributed by atoms with Gasteiger partial charge < -0.3 is 9.73 Å². The van der Waals surface area contributed by atoms with Crippen molar-refractivity contribution in [2.24, 2.45) is 0 Å². The molecule has 0 aliphatic rings. The van der Waals surface area contributed by atoms with Gasteiger partial charge in [-0.2, -0.15) is 12.6 Å². The van der Waals surface area contributed by atoms with Crippen LogP contribution in [0.15, 0.2) is 37.9 Å². The van der Waals surface area contributed by atoms with Gasteiger partial charge in [-0.1, -0.05) is 22.0 Å². The maximum atomic E-state index is 11.7. The number of halogens is 1. The lowest BCUT2D eigenvalue weighted by Gasteiger charge is -2.03. The zero-order chi connectivity index (χ0) is 13.1. The standard InChI is InChI=1S/C12H10BrNO3S/c13-8-2-1-7-5-10(11(15)14-3-4-18)17-12(16)9(7)6-8/h1-2,5-6,18H,3-4H2,(H,14,15). The van der Waals surface area contributed by atoms with Gasteiger partial charge in [-0.15, -0.1) is 0 Å². The highest BCUT2D eigenvalue weighted by atomic mass is 79.9. The van der Waals surface area contributed by atoms with Crippen molar-refractivity contribution in [1.82, 2.24) is 5.32 Å². The molecule has 1 amide bonds. The van der Waals surface area contributed by atoms with E-state index in [9.17, 15) is 9.59 Å². The van der Waals surface area contributed by atoms with Crippen LogP contribution in [0.5, 0.6) is 0 Å². The van der Waals surface area contributed by atoms with Gasteiger partial charge in [0, 0.05) is 16.8 Å². The number of fused-ring (bicyclic) bond motifs is 1. The molecule has 0 saturated carbocycles. The van der Waals surface area contributed by atoms with Crippen LogP contribution in [0.3, 0.4) is 0 Å². The van der Waals surface area contributed by atoms with Crippen LogP contribution >= 0.6 is 28.6 Å². The summed E-state index contributed by atoms with van der Waals surface area (Å²) in [5.41, 5.74) is -0.523. The molecule has 6 heteroatoms. The van der Waals surface area contributed by atoms with E-state index >= 15 is 0 Å². The van der Waals surface area contributed by atoms with Gasteiger partial charge in [0.25, 0.3) is 5.91 Å². The van der Waals surface area contributed by atoms with Crippen LogP contribution in [0, 0.1) is 0 Å². The van der Waals surface area contributed by atoms with Gasteiger partial charge in [0.1, 0.15) is 0 Å². The third-order valence-corrected chi connectivity index (χ3v) is 3.06. The minimum Gasteiger partial charge on any atom is -0.417 e. The Labute approximate surface area is 117 Å². The molecule has 0 aliphatic carbocycles. The quantitative estimate of drug-likeness (QED) is 0.850. The number of hydrogen-bond acceptors (Lipinski definition) is 4. The van der Waals surface area contributed by atoms with E-state index in [1.807, 2.05) is 0 Å². The van der Waals surface area contributed by atoms with E-state index in [1.54, 1.807) is 24.3 Å². The summed E-state index contributed by atoms with van der Waals surface area (Å²) < 4.78 is 5.78. The van der Waals surface area contributed by atoms with Crippen LogP contribution in [0.4, 0.5) is 0 Å². The van der Waals surface area contributed by atoms with Crippen molar-refractivity contribution in [1.29, 1.82) is 0 Å². The zero-order valence-electron chi connectivity index (χ0n) is 9.27. The molecule has 0 bridgehead atoms. The first-order valence-corrected chi connectivity index (χ1v) is 6.67. The van der Waals surface area contributed by atoms with Gasteiger partial charge in [-0.05, 0) is 23.6 Å². The molecule has 4 nitrogen and oxygen atoms in total. The lowest BCUT2D eigenvalue weighted by molar-refractivity contribution is 0.0924. The molecule has 0 atom stereocenters. The summed E-state index contributed by atoms with van der Waals surface area (Å²) in [4.78, 5) is 23.4. The Morgan fingerprint density at radius 2 is 2.17 bits per heavy atom. The number of carbonyl (C=O) groups is 1. The molecular weight excluding hydrogens is 318 g/mol. The lowest BCUT2D eigenvalue weighted by atomic mass is 10.1. The average molecular weight is 328 g/mol. The molecule has 0 unspecified atom stereocenters. The zero-order valence-corrected chi connectivity index (χ0v) is 11.8. The second-order valence-corrected chi connectivity index (χ2v) is 4.97. The minimum atomic E-state index is -0.523. The van der Waals surface area contributed by atoms with Crippen molar-refractivity contribution in [3.63, 3.8) is 0 Å². The molecule has 2 aromatic rings. The van der Waals surface area contributed by atoms with Gasteiger partial charge in [-0.25, -0.2) is 4.79 Å². The highest BCUT2D eigenvalue weighted by Crippen LogP contribution is 2.18. The van der Waals surface area contributed by atoms with E-state index in [4.69, 9.17) is 4.42 Å². The maximum absolute atomic E-state index is 11.7. The normalized spacial score (nSPS) is 10.6. The highest BCUT2D eigenvalue weighted by Gasteiger charge is 2.11. The number of amides is 1. The van der Waals surface area contributed by atoms with Crippen LogP contribution in [0.2, 0.25) is 0 Å². The molecule has 0 radical (unpaired) electrons. The number of rotatable bonds is 3. The Balaban J connectivity index is 2.46. The third kappa shape index (κ3) is 2.76. The number of nitrogens with one attached hydrogen (secondary N) is 1. The summed E-state index contributed by atoms with van der Waals surface area (Å²) in [6, 6.07) is 6.77. The van der Waals surface area contributed by atoms with Gasteiger partial charge in [0.15, 0.2) is 5.76 Å². The summed E-state index contributed by atoms with van der Waals surface area (Å²) >= 11 is 7.27. The Kier molecular flexibility index (Phi) is 4.08. The first kappa shape index (κ1) is 13.2. The Bertz CT molecular complexity index is 653. The molecule has 1 aromatic heterocycles. The van der Waals surface area contributed by atoms with Crippen molar-refractivity contribution >= 4 is 45.2 Å².